The van der Waals surface area contributed by atoms with Gasteiger partial charge in [0, 0.05) is 33.2 Å². The molecule has 11 rings (SSSR count). The highest BCUT2D eigenvalue weighted by atomic mass is 16.5. The van der Waals surface area contributed by atoms with E-state index in [9.17, 15) is 0 Å². The van der Waals surface area contributed by atoms with E-state index < -0.39 is 0 Å². The van der Waals surface area contributed by atoms with Crippen LogP contribution < -0.4 is 21.1 Å². The van der Waals surface area contributed by atoms with E-state index >= 15 is 0 Å². The average molecular weight is 587 g/mol. The van der Waals surface area contributed by atoms with Crippen LogP contribution in [0.1, 0.15) is 17.7 Å². The summed E-state index contributed by atoms with van der Waals surface area (Å²) in [6, 6.07) is 46.7. The van der Waals surface area contributed by atoms with Gasteiger partial charge in [0.1, 0.15) is 11.5 Å². The van der Waals surface area contributed by atoms with Crippen LogP contribution in [0.2, 0.25) is 0 Å². The number of rotatable bonds is 2. The molecule has 214 valence electrons. The summed E-state index contributed by atoms with van der Waals surface area (Å²) in [6.07, 6.45) is 6.81. The second-order valence-corrected chi connectivity index (χ2v) is 12.8. The smallest absolute Gasteiger partial charge is 0.256 e. The molecule has 0 unspecified atom stereocenters. The number of para-hydroxylation sites is 2. The fraction of sp³-hybridized carbons (Fsp3) is 0.0476. The van der Waals surface area contributed by atoms with Gasteiger partial charge < -0.3 is 13.9 Å². The molecule has 4 heteroatoms. The number of hydrogen-bond donors (Lipinski definition) is 0. The minimum atomic E-state index is 0.0334. The molecule has 0 amide bonds. The molecule has 8 aromatic rings. The summed E-state index contributed by atoms with van der Waals surface area (Å²) in [6.45, 7) is 0.0334. The molecule has 0 saturated carbocycles. The maximum Gasteiger partial charge on any atom is 0.256 e. The molecule has 0 bridgehead atoms. The van der Waals surface area contributed by atoms with Crippen LogP contribution in [0.4, 0.5) is 0 Å². The van der Waals surface area contributed by atoms with Crippen LogP contribution >= 0.6 is 0 Å². The molecular weight excluding hydrogens is 559 g/mol. The van der Waals surface area contributed by atoms with Crippen molar-refractivity contribution in [3.8, 4) is 34.0 Å². The first-order valence-electron chi connectivity index (χ1n) is 16.2. The molecule has 0 saturated heterocycles. The standard InChI is InChI=1S/C42H27BN2O/c1-2-10-26(11-3-1)27-18-22-39-34(24-27)43-33-25-28(44-35-15-7-4-12-29(35)30-13-5-8-16-36(30)44)19-21-38(33)45-37-17-9-6-14-31(37)32-20-23-40(46-39)41(43)42(32)45/h1-4,6-12,14-25H,5,13H2. The van der Waals surface area contributed by atoms with Crippen LogP contribution in [0, 0.1) is 0 Å². The number of allylic oxidation sites excluding steroid dienone is 1. The Kier molecular flexibility index (Phi) is 4.77. The number of hydrogen-bond acceptors (Lipinski definition) is 1. The van der Waals surface area contributed by atoms with Crippen LogP contribution in [0.15, 0.2) is 133 Å². The number of nitrogens with zero attached hydrogens (tertiary/aromatic N) is 2. The molecule has 46 heavy (non-hydrogen) atoms. The van der Waals surface area contributed by atoms with Crippen molar-refractivity contribution in [3.05, 3.63) is 145 Å². The third-order valence-corrected chi connectivity index (χ3v) is 10.5. The predicted octanol–water partition coefficient (Wildman–Crippen LogP) is 8.29. The highest BCUT2D eigenvalue weighted by molar-refractivity contribution is 6.99. The number of ether oxygens (including phenoxy) is 1. The van der Waals surface area contributed by atoms with Gasteiger partial charge in [-0.1, -0.05) is 84.9 Å². The molecule has 0 atom stereocenters. The Morgan fingerprint density at radius 3 is 2.26 bits per heavy atom. The molecular formula is C42H27BN2O. The van der Waals surface area contributed by atoms with Gasteiger partial charge in [0.2, 0.25) is 0 Å². The second kappa shape index (κ2) is 8.92. The van der Waals surface area contributed by atoms with E-state index in [0.29, 0.717) is 0 Å². The van der Waals surface area contributed by atoms with Crippen molar-refractivity contribution in [2.24, 2.45) is 0 Å². The highest BCUT2D eigenvalue weighted by Crippen LogP contribution is 2.40. The van der Waals surface area contributed by atoms with Gasteiger partial charge >= 0.3 is 0 Å². The second-order valence-electron chi connectivity index (χ2n) is 12.8. The molecule has 2 aliphatic heterocycles. The monoisotopic (exact) mass is 586 g/mol. The molecule has 3 nitrogen and oxygen atoms in total. The minimum absolute atomic E-state index is 0.0334. The Bertz CT molecular complexity index is 2620. The van der Waals surface area contributed by atoms with Gasteiger partial charge in [0.25, 0.3) is 6.71 Å². The molecule has 0 N–H and O–H groups in total. The SMILES string of the molecule is C1=Cc2c(c3ccccc3n2-c2ccc3c(c2)B2c4cc(-c5ccccc5)ccc4Oc4ccc5c6ccccc6n-3c5c42)CC1. The summed E-state index contributed by atoms with van der Waals surface area (Å²) < 4.78 is 11.7. The van der Waals surface area contributed by atoms with Crippen molar-refractivity contribution >= 4 is 61.9 Å². The highest BCUT2D eigenvalue weighted by Gasteiger charge is 2.41. The van der Waals surface area contributed by atoms with Crippen LogP contribution in [0.3, 0.4) is 0 Å². The van der Waals surface area contributed by atoms with E-state index in [1.807, 2.05) is 0 Å². The van der Waals surface area contributed by atoms with Crippen molar-refractivity contribution in [2.75, 3.05) is 0 Å². The first-order chi connectivity index (χ1) is 22.8. The number of fused-ring (bicyclic) bond motifs is 11. The third kappa shape index (κ3) is 3.13. The maximum absolute atomic E-state index is 6.75. The van der Waals surface area contributed by atoms with Crippen molar-refractivity contribution in [3.63, 3.8) is 0 Å². The van der Waals surface area contributed by atoms with Crippen LogP contribution in [0.25, 0.3) is 61.3 Å². The summed E-state index contributed by atoms with van der Waals surface area (Å²) in [5, 5.41) is 3.90. The Balaban J connectivity index is 1.25. The van der Waals surface area contributed by atoms with Crippen molar-refractivity contribution in [1.82, 2.24) is 9.13 Å². The summed E-state index contributed by atoms with van der Waals surface area (Å²) in [7, 11) is 0. The Morgan fingerprint density at radius 2 is 1.37 bits per heavy atom. The van der Waals surface area contributed by atoms with E-state index in [0.717, 1.165) is 24.3 Å². The van der Waals surface area contributed by atoms with Gasteiger partial charge in [-0.2, -0.15) is 0 Å². The van der Waals surface area contributed by atoms with E-state index in [-0.39, 0.29) is 6.71 Å². The first kappa shape index (κ1) is 24.6. The van der Waals surface area contributed by atoms with Gasteiger partial charge in [-0.3, -0.25) is 0 Å². The van der Waals surface area contributed by atoms with E-state index in [1.54, 1.807) is 0 Å². The van der Waals surface area contributed by atoms with Crippen molar-refractivity contribution < 1.29 is 4.74 Å². The zero-order valence-electron chi connectivity index (χ0n) is 25.1. The van der Waals surface area contributed by atoms with Crippen molar-refractivity contribution in [1.29, 1.82) is 0 Å². The first-order valence-corrected chi connectivity index (χ1v) is 16.2. The number of benzene rings is 6. The lowest BCUT2D eigenvalue weighted by atomic mass is 9.34. The summed E-state index contributed by atoms with van der Waals surface area (Å²) >= 11 is 0. The largest absolute Gasteiger partial charge is 0.458 e. The van der Waals surface area contributed by atoms with Crippen LogP contribution in [0.5, 0.6) is 11.5 Å². The predicted molar refractivity (Wildman–Crippen MR) is 192 cm³/mol. The molecule has 6 aromatic carbocycles. The van der Waals surface area contributed by atoms with Gasteiger partial charge in [-0.25, -0.2) is 0 Å². The van der Waals surface area contributed by atoms with Gasteiger partial charge in [0.05, 0.1) is 16.6 Å². The maximum atomic E-state index is 6.75. The topological polar surface area (TPSA) is 19.1 Å². The summed E-state index contributed by atoms with van der Waals surface area (Å²) in [5.41, 5.74) is 15.1. The van der Waals surface area contributed by atoms with Crippen LogP contribution in [-0.2, 0) is 6.42 Å². The molecule has 3 aliphatic rings. The lowest BCUT2D eigenvalue weighted by Crippen LogP contribution is -2.58. The van der Waals surface area contributed by atoms with E-state index in [2.05, 4.69) is 149 Å². The zero-order valence-corrected chi connectivity index (χ0v) is 25.1. The fourth-order valence-corrected chi connectivity index (χ4v) is 8.54. The number of aryl methyl sites for hydroxylation is 1. The summed E-state index contributed by atoms with van der Waals surface area (Å²) in [5.74, 6) is 1.88. The molecule has 0 radical (unpaired) electrons. The van der Waals surface area contributed by atoms with E-state index in [4.69, 9.17) is 4.74 Å². The van der Waals surface area contributed by atoms with Gasteiger partial charge in [-0.05, 0) is 101 Å². The normalized spacial score (nSPS) is 14.0. The molecule has 1 aliphatic carbocycles. The Labute approximate surface area is 266 Å². The number of aromatic nitrogens is 2. The minimum Gasteiger partial charge on any atom is -0.458 e. The fourth-order valence-electron chi connectivity index (χ4n) is 8.54. The molecule has 2 aromatic heterocycles. The lowest BCUT2D eigenvalue weighted by Gasteiger charge is -2.33. The zero-order chi connectivity index (χ0) is 29.9. The van der Waals surface area contributed by atoms with Crippen LogP contribution in [-0.4, -0.2) is 15.8 Å². The molecule has 0 fully saturated rings. The van der Waals surface area contributed by atoms with Gasteiger partial charge in [-0.15, -0.1) is 0 Å². The molecule has 4 heterocycles. The average Bonchev–Trinajstić information content (AvgIpc) is 3.64. The van der Waals surface area contributed by atoms with Crippen molar-refractivity contribution in [2.45, 2.75) is 12.8 Å². The summed E-state index contributed by atoms with van der Waals surface area (Å²) in [4.78, 5) is 0. The molecule has 0 spiro atoms. The Morgan fingerprint density at radius 1 is 0.587 bits per heavy atom. The third-order valence-electron chi connectivity index (χ3n) is 10.5. The quantitative estimate of drug-likeness (QED) is 0.187. The lowest BCUT2D eigenvalue weighted by molar-refractivity contribution is 0.488. The van der Waals surface area contributed by atoms with E-state index in [1.165, 1.54) is 82.9 Å². The van der Waals surface area contributed by atoms with Gasteiger partial charge in [0.15, 0.2) is 0 Å². The Hall–Kier alpha value is -5.74.